The van der Waals surface area contributed by atoms with Gasteiger partial charge in [0.1, 0.15) is 6.54 Å². The van der Waals surface area contributed by atoms with E-state index in [-0.39, 0.29) is 12.0 Å². The molecule has 0 aliphatic carbocycles. The number of carboxylic acid groups (broad SMARTS) is 1. The van der Waals surface area contributed by atoms with Crippen LogP contribution in [0.15, 0.2) is 42.5 Å². The van der Waals surface area contributed by atoms with Gasteiger partial charge in [0, 0.05) is 15.4 Å². The molecular weight excluding hydrogens is 282 g/mol. The van der Waals surface area contributed by atoms with Gasteiger partial charge in [-0.05, 0) is 29.7 Å². The second-order valence-corrected chi connectivity index (χ2v) is 7.27. The van der Waals surface area contributed by atoms with Gasteiger partial charge < -0.3 is 10.0 Å². The molecular formula is C17H21NO2S. The number of benzene rings is 1. The quantitative estimate of drug-likeness (QED) is 0.902. The molecule has 0 spiro atoms. The van der Waals surface area contributed by atoms with Crippen LogP contribution in [0.25, 0.3) is 0 Å². The van der Waals surface area contributed by atoms with Gasteiger partial charge >= 0.3 is 5.97 Å². The lowest BCUT2D eigenvalue weighted by atomic mass is 9.95. The highest BCUT2D eigenvalue weighted by Crippen LogP contribution is 2.30. The zero-order valence-corrected chi connectivity index (χ0v) is 13.5. The number of rotatable bonds is 5. The molecule has 0 amide bonds. The Bertz CT molecular complexity index is 599. The van der Waals surface area contributed by atoms with Crippen molar-refractivity contribution in [1.29, 1.82) is 0 Å². The minimum Gasteiger partial charge on any atom is -0.480 e. The lowest BCUT2D eigenvalue weighted by Crippen LogP contribution is -2.28. The maximum absolute atomic E-state index is 11.1. The van der Waals surface area contributed by atoms with Gasteiger partial charge in [0.25, 0.3) is 0 Å². The van der Waals surface area contributed by atoms with E-state index in [9.17, 15) is 4.79 Å². The molecule has 1 aromatic carbocycles. The van der Waals surface area contributed by atoms with Crippen molar-refractivity contribution >= 4 is 23.0 Å². The average molecular weight is 303 g/mol. The molecule has 112 valence electrons. The summed E-state index contributed by atoms with van der Waals surface area (Å²) in [6.45, 7) is 7.20. The number of hydrogen-bond acceptors (Lipinski definition) is 3. The van der Waals surface area contributed by atoms with Crippen molar-refractivity contribution in [2.24, 2.45) is 0 Å². The molecule has 1 heterocycles. The molecule has 2 rings (SSSR count). The molecule has 0 aliphatic rings. The molecule has 0 aliphatic heterocycles. The fourth-order valence-corrected chi connectivity index (χ4v) is 3.18. The second-order valence-electron chi connectivity index (χ2n) is 6.10. The Morgan fingerprint density at radius 2 is 1.81 bits per heavy atom. The predicted molar refractivity (Wildman–Crippen MR) is 88.1 cm³/mol. The Hall–Kier alpha value is -1.81. The molecule has 2 aromatic rings. The van der Waals surface area contributed by atoms with Crippen molar-refractivity contribution in [3.05, 3.63) is 52.2 Å². The van der Waals surface area contributed by atoms with Crippen LogP contribution in [0.5, 0.6) is 0 Å². The average Bonchev–Trinajstić information content (AvgIpc) is 2.87. The first-order valence-corrected chi connectivity index (χ1v) is 7.79. The molecule has 0 saturated carbocycles. The molecule has 0 saturated heterocycles. The maximum atomic E-state index is 11.1. The van der Waals surface area contributed by atoms with E-state index in [1.165, 1.54) is 9.75 Å². The normalized spacial score (nSPS) is 11.4. The first-order valence-electron chi connectivity index (χ1n) is 6.97. The van der Waals surface area contributed by atoms with Crippen LogP contribution >= 0.6 is 11.3 Å². The fraction of sp³-hybridized carbons (Fsp3) is 0.353. The number of aliphatic carboxylic acids is 1. The summed E-state index contributed by atoms with van der Waals surface area (Å²) in [5.41, 5.74) is 1.07. The third-order valence-electron chi connectivity index (χ3n) is 3.20. The predicted octanol–water partition coefficient (Wildman–Crippen LogP) is 4.14. The summed E-state index contributed by atoms with van der Waals surface area (Å²) in [7, 11) is 0. The highest BCUT2D eigenvalue weighted by atomic mass is 32.1. The van der Waals surface area contributed by atoms with Gasteiger partial charge in [-0.25, -0.2) is 0 Å². The van der Waals surface area contributed by atoms with Crippen LogP contribution < -0.4 is 4.90 Å². The maximum Gasteiger partial charge on any atom is 0.323 e. The minimum absolute atomic E-state index is 0.00671. The van der Waals surface area contributed by atoms with E-state index < -0.39 is 5.97 Å². The van der Waals surface area contributed by atoms with Crippen molar-refractivity contribution in [3.63, 3.8) is 0 Å². The summed E-state index contributed by atoms with van der Waals surface area (Å²) in [5.74, 6) is -0.813. The lowest BCUT2D eigenvalue weighted by molar-refractivity contribution is -0.135. The van der Waals surface area contributed by atoms with E-state index in [1.54, 1.807) is 11.3 Å². The van der Waals surface area contributed by atoms with Crippen molar-refractivity contribution < 1.29 is 9.90 Å². The van der Waals surface area contributed by atoms with E-state index in [4.69, 9.17) is 5.11 Å². The Morgan fingerprint density at radius 3 is 2.33 bits per heavy atom. The highest BCUT2D eigenvalue weighted by molar-refractivity contribution is 7.12. The number of carbonyl (C=O) groups is 1. The number of thiophene rings is 1. The van der Waals surface area contributed by atoms with E-state index in [0.29, 0.717) is 6.54 Å². The number of anilines is 1. The van der Waals surface area contributed by atoms with Crippen molar-refractivity contribution in [1.82, 2.24) is 0 Å². The van der Waals surface area contributed by atoms with Crippen LogP contribution in [0.4, 0.5) is 5.69 Å². The van der Waals surface area contributed by atoms with Crippen molar-refractivity contribution in [3.8, 4) is 0 Å². The van der Waals surface area contributed by atoms with Gasteiger partial charge in [-0.2, -0.15) is 0 Å². The number of carboxylic acids is 1. The third kappa shape index (κ3) is 4.33. The zero-order valence-electron chi connectivity index (χ0n) is 12.7. The van der Waals surface area contributed by atoms with E-state index in [0.717, 1.165) is 5.69 Å². The van der Waals surface area contributed by atoms with Crippen molar-refractivity contribution in [2.45, 2.75) is 32.7 Å². The summed E-state index contributed by atoms with van der Waals surface area (Å²) in [6, 6.07) is 13.9. The molecule has 0 unspecified atom stereocenters. The van der Waals surface area contributed by atoms with Gasteiger partial charge in [-0.15, -0.1) is 11.3 Å². The third-order valence-corrected chi connectivity index (χ3v) is 4.69. The van der Waals surface area contributed by atoms with Gasteiger partial charge in [-0.1, -0.05) is 39.0 Å². The standard InChI is InChI=1S/C17H21NO2S/c1-17(2,3)15-10-9-14(21-15)11-18(12-16(19)20)13-7-5-4-6-8-13/h4-10H,11-12H2,1-3H3,(H,19,20). The van der Waals surface area contributed by atoms with Gasteiger partial charge in [0.15, 0.2) is 0 Å². The van der Waals surface area contributed by atoms with Gasteiger partial charge in [-0.3, -0.25) is 4.79 Å². The Labute approximate surface area is 129 Å². The number of nitrogens with zero attached hydrogens (tertiary/aromatic N) is 1. The van der Waals surface area contributed by atoms with Crippen LogP contribution in [0.1, 0.15) is 30.5 Å². The Balaban J connectivity index is 2.19. The van der Waals surface area contributed by atoms with Crippen LogP contribution in [0.2, 0.25) is 0 Å². The highest BCUT2D eigenvalue weighted by Gasteiger charge is 2.18. The smallest absolute Gasteiger partial charge is 0.323 e. The van der Waals surface area contributed by atoms with Crippen LogP contribution in [0, 0.1) is 0 Å². The van der Waals surface area contributed by atoms with Crippen LogP contribution in [0.3, 0.4) is 0 Å². The molecule has 0 radical (unpaired) electrons. The number of para-hydroxylation sites is 1. The SMILES string of the molecule is CC(C)(C)c1ccc(CN(CC(=O)O)c2ccccc2)s1. The molecule has 0 bridgehead atoms. The Kier molecular flexibility index (Phi) is 4.68. The molecule has 1 N–H and O–H groups in total. The summed E-state index contributed by atoms with van der Waals surface area (Å²) < 4.78 is 0. The molecule has 3 nitrogen and oxygen atoms in total. The molecule has 21 heavy (non-hydrogen) atoms. The molecule has 0 atom stereocenters. The first kappa shape index (κ1) is 15.6. The van der Waals surface area contributed by atoms with Gasteiger partial charge in [0.2, 0.25) is 0 Å². The summed E-state index contributed by atoms with van der Waals surface area (Å²) in [5, 5.41) is 9.12. The number of hydrogen-bond donors (Lipinski definition) is 1. The zero-order chi connectivity index (χ0) is 15.5. The molecule has 1 aromatic heterocycles. The minimum atomic E-state index is -0.813. The van der Waals surface area contributed by atoms with Crippen LogP contribution in [-0.4, -0.2) is 17.6 Å². The largest absolute Gasteiger partial charge is 0.480 e. The Morgan fingerprint density at radius 1 is 1.14 bits per heavy atom. The topological polar surface area (TPSA) is 40.5 Å². The van der Waals surface area contributed by atoms with E-state index >= 15 is 0 Å². The lowest BCUT2D eigenvalue weighted by Gasteiger charge is -2.22. The molecule has 4 heteroatoms. The fourth-order valence-electron chi connectivity index (χ4n) is 2.09. The first-order chi connectivity index (χ1) is 9.86. The second kappa shape index (κ2) is 6.31. The van der Waals surface area contributed by atoms with Crippen molar-refractivity contribution in [2.75, 3.05) is 11.4 Å². The van der Waals surface area contributed by atoms with Gasteiger partial charge in [0.05, 0.1) is 6.54 Å². The summed E-state index contributed by atoms with van der Waals surface area (Å²) in [6.07, 6.45) is 0. The summed E-state index contributed by atoms with van der Waals surface area (Å²) >= 11 is 1.76. The molecule has 0 fully saturated rings. The van der Waals surface area contributed by atoms with E-state index in [2.05, 4.69) is 32.9 Å². The van der Waals surface area contributed by atoms with E-state index in [1.807, 2.05) is 35.2 Å². The monoisotopic (exact) mass is 303 g/mol. The van der Waals surface area contributed by atoms with Crippen LogP contribution in [-0.2, 0) is 16.8 Å². The summed E-state index contributed by atoms with van der Waals surface area (Å²) in [4.78, 5) is 15.5.